The van der Waals surface area contributed by atoms with E-state index in [9.17, 15) is 0 Å². The number of hydrogen-bond donors (Lipinski definition) is 3. The lowest BCUT2D eigenvalue weighted by Gasteiger charge is -1.95. The highest BCUT2D eigenvalue weighted by atomic mass is 35.5. The van der Waals surface area contributed by atoms with E-state index in [1.165, 1.54) is 0 Å². The lowest BCUT2D eigenvalue weighted by atomic mass is 10.7. The molecule has 0 radical (unpaired) electrons. The van der Waals surface area contributed by atoms with E-state index in [0.29, 0.717) is 0 Å². The fourth-order valence-electron chi connectivity index (χ4n) is 0.547. The lowest BCUT2D eigenvalue weighted by molar-refractivity contribution is -0.627. The van der Waals surface area contributed by atoms with Crippen LogP contribution >= 0.6 is 12.4 Å². The maximum atomic E-state index is 5.29. The summed E-state index contributed by atoms with van der Waals surface area (Å²) in [6, 6.07) is 0. The van der Waals surface area contributed by atoms with Crippen molar-refractivity contribution in [1.29, 1.82) is 0 Å². The highest BCUT2D eigenvalue weighted by Crippen LogP contribution is 1.54. The van der Waals surface area contributed by atoms with Crippen LogP contribution in [0.3, 0.4) is 0 Å². The topological polar surface area (TPSA) is 57.7 Å². The molecule has 10 heavy (non-hydrogen) atoms. The van der Waals surface area contributed by atoms with Gasteiger partial charge in [-0.2, -0.15) is 11.3 Å². The van der Waals surface area contributed by atoms with Crippen LogP contribution in [0.25, 0.3) is 0 Å². The van der Waals surface area contributed by atoms with Crippen LogP contribution < -0.4 is 16.6 Å². The van der Waals surface area contributed by atoms with Gasteiger partial charge in [0.1, 0.15) is 0 Å². The molecule has 0 spiro atoms. The van der Waals surface area contributed by atoms with Gasteiger partial charge in [0.25, 0.3) is 0 Å². The molecule has 4 nitrogen and oxygen atoms in total. The Kier molecular flexibility index (Phi) is 8.40. The highest BCUT2D eigenvalue weighted by molar-refractivity contribution is 5.85. The molecule has 0 aromatic carbocycles. The molecule has 0 bridgehead atoms. The molecule has 0 aliphatic heterocycles. The number of nitrogens with one attached hydrogen (secondary N) is 1. The van der Waals surface area contributed by atoms with Crippen LogP contribution in [0.1, 0.15) is 6.92 Å². The zero-order chi connectivity index (χ0) is 7.28. The zero-order valence-corrected chi connectivity index (χ0v) is 7.53. The van der Waals surface area contributed by atoms with Gasteiger partial charge in [0.05, 0.1) is 20.6 Å². The molecule has 0 rings (SSSR count). The van der Waals surface area contributed by atoms with Crippen molar-refractivity contribution in [2.24, 2.45) is 5.84 Å². The van der Waals surface area contributed by atoms with Crippen LogP contribution in [0.2, 0.25) is 0 Å². The largest absolute Gasteiger partial charge is 0.459 e. The third-order valence-corrected chi connectivity index (χ3v) is 0.998. The third-order valence-electron chi connectivity index (χ3n) is 0.998. The van der Waals surface area contributed by atoms with Gasteiger partial charge in [-0.1, -0.05) is 0 Å². The van der Waals surface area contributed by atoms with E-state index < -0.39 is 0 Å². The number of guanidine groups is 1. The number of halogens is 1. The van der Waals surface area contributed by atoms with E-state index >= 15 is 0 Å². The molecular weight excluding hydrogens is 152 g/mol. The van der Waals surface area contributed by atoms with Crippen molar-refractivity contribution in [1.82, 2.24) is 5.32 Å². The summed E-state index contributed by atoms with van der Waals surface area (Å²) in [7, 11) is 3.89. The van der Waals surface area contributed by atoms with Crippen LogP contribution in [0.4, 0.5) is 0 Å². The quantitative estimate of drug-likeness (QED) is 0.141. The molecule has 5 heteroatoms. The van der Waals surface area contributed by atoms with Gasteiger partial charge in [-0.15, -0.1) is 12.4 Å². The highest BCUT2D eigenvalue weighted by Gasteiger charge is 2.05. The fourth-order valence-corrected chi connectivity index (χ4v) is 0.547. The molecule has 0 aromatic rings. The third kappa shape index (κ3) is 4.55. The summed E-state index contributed by atoms with van der Waals surface area (Å²) in [5, 5.41) is 3.09. The Balaban J connectivity index is 0. The Morgan fingerprint density at radius 1 is 1.60 bits per heavy atom. The number of nitrogens with zero attached hydrogens (tertiary/aromatic N) is 1. The number of rotatable bonds is 1. The molecular formula is C5H17ClN4+2. The average Bonchev–Trinajstić information content (AvgIpc) is 1.82. The molecule has 0 atom stereocenters. The Bertz CT molecular complexity index is 108. The smallest absolute Gasteiger partial charge is 0.225 e. The summed E-state index contributed by atoms with van der Waals surface area (Å²) in [6.45, 7) is 2.94. The summed E-state index contributed by atoms with van der Waals surface area (Å²) in [5.74, 6) is 6.25. The summed E-state index contributed by atoms with van der Waals surface area (Å²) in [4.78, 5) is 0. The van der Waals surface area contributed by atoms with Gasteiger partial charge < -0.3 is 0 Å². The van der Waals surface area contributed by atoms with Gasteiger partial charge in [0, 0.05) is 0 Å². The number of quaternary nitrogens is 1. The van der Waals surface area contributed by atoms with E-state index in [1.807, 2.05) is 25.6 Å². The van der Waals surface area contributed by atoms with Gasteiger partial charge in [0.15, 0.2) is 0 Å². The summed E-state index contributed by atoms with van der Waals surface area (Å²) < 4.78 is 1.93. The molecule has 5 N–H and O–H groups in total. The second kappa shape index (κ2) is 6.80. The van der Waals surface area contributed by atoms with Crippen LogP contribution in [-0.4, -0.2) is 31.2 Å². The van der Waals surface area contributed by atoms with E-state index in [2.05, 4.69) is 5.32 Å². The van der Waals surface area contributed by atoms with Crippen LogP contribution in [0.5, 0.6) is 0 Å². The second-order valence-electron chi connectivity index (χ2n) is 1.98. The minimum absolute atomic E-state index is 0. The summed E-state index contributed by atoms with van der Waals surface area (Å²) in [6.07, 6.45) is 0. The van der Waals surface area contributed by atoms with Crippen LogP contribution in [-0.2, 0) is 0 Å². The van der Waals surface area contributed by atoms with Crippen molar-refractivity contribution in [2.45, 2.75) is 6.92 Å². The zero-order valence-electron chi connectivity index (χ0n) is 6.72. The van der Waals surface area contributed by atoms with Gasteiger partial charge in [0.2, 0.25) is 0 Å². The van der Waals surface area contributed by atoms with Gasteiger partial charge >= 0.3 is 5.96 Å². The van der Waals surface area contributed by atoms with E-state index in [4.69, 9.17) is 5.84 Å². The predicted octanol–water partition coefficient (Wildman–Crippen LogP) is -1.92. The maximum absolute atomic E-state index is 5.29. The van der Waals surface area contributed by atoms with Gasteiger partial charge in [-0.25, -0.2) is 9.89 Å². The Morgan fingerprint density at radius 3 is 2.20 bits per heavy atom. The van der Waals surface area contributed by atoms with Gasteiger partial charge in [-0.05, 0) is 6.92 Å². The number of nitrogens with two attached hydrogens (primary N) is 2. The van der Waals surface area contributed by atoms with Crippen LogP contribution in [0.15, 0.2) is 0 Å². The summed E-state index contributed by atoms with van der Waals surface area (Å²) >= 11 is 0. The maximum Gasteiger partial charge on any atom is 0.459 e. The van der Waals surface area contributed by atoms with Crippen molar-refractivity contribution in [3.63, 3.8) is 0 Å². The first-order chi connectivity index (χ1) is 4.22. The molecule has 0 heterocycles. The first-order valence-electron chi connectivity index (χ1n) is 3.05. The molecule has 0 fully saturated rings. The monoisotopic (exact) mass is 168 g/mol. The first kappa shape index (κ1) is 12.4. The fraction of sp³-hybridized carbons (Fsp3) is 0.800. The molecule has 0 saturated carbocycles. The van der Waals surface area contributed by atoms with Crippen molar-refractivity contribution < 1.29 is 10.0 Å². The van der Waals surface area contributed by atoms with Crippen molar-refractivity contribution in [3.05, 3.63) is 0 Å². The standard InChI is InChI=1S/C5H14N4.ClH/c1-4-7-5(8-6)9(2)3;/h4,6H2,1-3H3,(H,7,8);1H/p+2. The van der Waals surface area contributed by atoms with E-state index in [-0.39, 0.29) is 12.4 Å². The first-order valence-corrected chi connectivity index (χ1v) is 3.05. The molecule has 62 valence electrons. The lowest BCUT2D eigenvalue weighted by Crippen LogP contribution is -2.98. The number of hydrogen-bond acceptors (Lipinski definition) is 1. The van der Waals surface area contributed by atoms with Crippen molar-refractivity contribution in [3.8, 4) is 0 Å². The van der Waals surface area contributed by atoms with Crippen molar-refractivity contribution >= 4 is 18.4 Å². The molecule has 0 aliphatic rings. The molecule has 0 saturated heterocycles. The normalized spacial score (nSPS) is 8.00. The average molecular weight is 169 g/mol. The SMILES string of the molecule is CCNC([NH2+]N)=[N+](C)C.Cl. The molecule has 0 amide bonds. The summed E-state index contributed by atoms with van der Waals surface area (Å²) in [5.41, 5.74) is 1.56. The molecule has 0 unspecified atom stereocenters. The Labute approximate surface area is 67.9 Å². The predicted molar refractivity (Wildman–Crippen MR) is 44.2 cm³/mol. The molecule has 0 aromatic heterocycles. The minimum atomic E-state index is 0. The van der Waals surface area contributed by atoms with Gasteiger partial charge in [-0.3, -0.25) is 0 Å². The van der Waals surface area contributed by atoms with E-state index in [0.717, 1.165) is 12.5 Å². The Hall–Kier alpha value is -0.320. The second-order valence-corrected chi connectivity index (χ2v) is 1.98. The Morgan fingerprint density at radius 2 is 2.10 bits per heavy atom. The molecule has 0 aliphatic carbocycles. The van der Waals surface area contributed by atoms with Crippen molar-refractivity contribution in [2.75, 3.05) is 20.6 Å². The van der Waals surface area contributed by atoms with E-state index in [1.54, 1.807) is 5.43 Å². The van der Waals surface area contributed by atoms with Crippen LogP contribution in [0, 0.1) is 0 Å². The minimum Gasteiger partial charge on any atom is -0.225 e.